The molecule has 2 aromatic rings. The van der Waals surface area contributed by atoms with Crippen LogP contribution < -0.4 is 0 Å². The normalized spacial score (nSPS) is 11.2. The van der Waals surface area contributed by atoms with E-state index in [2.05, 4.69) is 30.9 Å². The molecular formula is C25H28F2. The Kier molecular flexibility index (Phi) is 8.78. The molecule has 0 unspecified atom stereocenters. The van der Waals surface area contributed by atoms with Crippen LogP contribution in [0.25, 0.3) is 6.08 Å². The van der Waals surface area contributed by atoms with Crippen LogP contribution in [0.3, 0.4) is 0 Å². The van der Waals surface area contributed by atoms with Crippen LogP contribution in [0, 0.1) is 17.7 Å². The van der Waals surface area contributed by atoms with Gasteiger partial charge < -0.3 is 0 Å². The number of aryl methyl sites for hydroxylation is 1. The molecule has 0 heterocycles. The van der Waals surface area contributed by atoms with Crippen molar-refractivity contribution in [1.82, 2.24) is 0 Å². The summed E-state index contributed by atoms with van der Waals surface area (Å²) >= 11 is 0. The molecule has 0 aliphatic rings. The molecule has 0 nitrogen and oxygen atoms in total. The van der Waals surface area contributed by atoms with Crippen molar-refractivity contribution in [2.24, 2.45) is 0 Å². The van der Waals surface area contributed by atoms with Gasteiger partial charge in [-0.3, -0.25) is 0 Å². The molecule has 0 spiro atoms. The molecule has 0 saturated heterocycles. The fourth-order valence-corrected chi connectivity index (χ4v) is 2.79. The van der Waals surface area contributed by atoms with E-state index in [1.165, 1.54) is 37.0 Å². The number of allylic oxidation sites excluding steroid dienone is 1. The first kappa shape index (κ1) is 20.9. The molecule has 142 valence electrons. The van der Waals surface area contributed by atoms with Crippen molar-refractivity contribution in [3.63, 3.8) is 0 Å². The summed E-state index contributed by atoms with van der Waals surface area (Å²) in [5.41, 5.74) is 3.03. The van der Waals surface area contributed by atoms with Crippen LogP contribution in [0.1, 0.15) is 74.6 Å². The van der Waals surface area contributed by atoms with E-state index in [-0.39, 0.29) is 5.83 Å². The van der Waals surface area contributed by atoms with E-state index in [9.17, 15) is 8.78 Å². The molecule has 0 atom stereocenters. The molecule has 0 aromatic heterocycles. The minimum Gasteiger partial charge on any atom is -0.212 e. The molecule has 27 heavy (non-hydrogen) atoms. The predicted molar refractivity (Wildman–Crippen MR) is 111 cm³/mol. The highest BCUT2D eigenvalue weighted by Gasteiger charge is 2.02. The maximum absolute atomic E-state index is 14.2. The summed E-state index contributed by atoms with van der Waals surface area (Å²) in [6, 6.07) is 12.8. The highest BCUT2D eigenvalue weighted by Crippen LogP contribution is 2.17. The van der Waals surface area contributed by atoms with Crippen molar-refractivity contribution in [1.29, 1.82) is 0 Å². The second-order valence-electron chi connectivity index (χ2n) is 6.84. The SMILES string of the molecule is CCCCCc1ccc(C#Cc2ccc(/C=C(/F)CCCC)cc2F)cc1. The first-order valence-electron chi connectivity index (χ1n) is 9.89. The summed E-state index contributed by atoms with van der Waals surface area (Å²) in [6.45, 7) is 4.21. The second-order valence-corrected chi connectivity index (χ2v) is 6.84. The largest absolute Gasteiger partial charge is 0.212 e. The van der Waals surface area contributed by atoms with Gasteiger partial charge in [0, 0.05) is 5.56 Å². The Morgan fingerprint density at radius 2 is 1.67 bits per heavy atom. The van der Waals surface area contributed by atoms with E-state index < -0.39 is 5.82 Å². The molecule has 0 aliphatic heterocycles. The highest BCUT2D eigenvalue weighted by molar-refractivity contribution is 5.54. The molecule has 0 saturated carbocycles. The number of hydrogen-bond donors (Lipinski definition) is 0. The van der Waals surface area contributed by atoms with Gasteiger partial charge in [-0.1, -0.05) is 63.1 Å². The van der Waals surface area contributed by atoms with E-state index >= 15 is 0 Å². The van der Waals surface area contributed by atoms with Crippen LogP contribution in [0.15, 0.2) is 48.3 Å². The van der Waals surface area contributed by atoms with Gasteiger partial charge in [-0.05, 0) is 67.2 Å². The van der Waals surface area contributed by atoms with Crippen LogP contribution >= 0.6 is 0 Å². The Bertz CT molecular complexity index is 804. The average Bonchev–Trinajstić information content (AvgIpc) is 2.67. The maximum atomic E-state index is 14.2. The Labute approximate surface area is 162 Å². The summed E-state index contributed by atoms with van der Waals surface area (Å²) in [5, 5.41) is 0. The van der Waals surface area contributed by atoms with Crippen LogP contribution in [-0.4, -0.2) is 0 Å². The molecule has 0 N–H and O–H groups in total. The lowest BCUT2D eigenvalue weighted by molar-refractivity contribution is 0.577. The quantitative estimate of drug-likeness (QED) is 0.336. The summed E-state index contributed by atoms with van der Waals surface area (Å²) in [4.78, 5) is 0. The monoisotopic (exact) mass is 366 g/mol. The lowest BCUT2D eigenvalue weighted by Crippen LogP contribution is -1.87. The van der Waals surface area contributed by atoms with Gasteiger partial charge in [0.05, 0.1) is 5.56 Å². The van der Waals surface area contributed by atoms with Crippen molar-refractivity contribution in [2.75, 3.05) is 0 Å². The van der Waals surface area contributed by atoms with Gasteiger partial charge in [-0.15, -0.1) is 0 Å². The molecule has 0 bridgehead atoms. The maximum Gasteiger partial charge on any atom is 0.139 e. The first-order valence-corrected chi connectivity index (χ1v) is 9.89. The van der Waals surface area contributed by atoms with Crippen LogP contribution in [0.5, 0.6) is 0 Å². The third-order valence-electron chi connectivity index (χ3n) is 4.45. The van der Waals surface area contributed by atoms with Crippen molar-refractivity contribution < 1.29 is 8.78 Å². The minimum absolute atomic E-state index is 0.214. The third-order valence-corrected chi connectivity index (χ3v) is 4.45. The molecule has 2 heteroatoms. The number of benzene rings is 2. The summed E-state index contributed by atoms with van der Waals surface area (Å²) in [5.74, 6) is 5.25. The van der Waals surface area contributed by atoms with Crippen molar-refractivity contribution in [3.8, 4) is 11.8 Å². The van der Waals surface area contributed by atoms with E-state index in [4.69, 9.17) is 0 Å². The Hall–Kier alpha value is -2.40. The van der Waals surface area contributed by atoms with Crippen molar-refractivity contribution in [3.05, 3.63) is 76.4 Å². The average molecular weight is 366 g/mol. The van der Waals surface area contributed by atoms with E-state index in [0.717, 1.165) is 24.8 Å². The van der Waals surface area contributed by atoms with Gasteiger partial charge in [0.1, 0.15) is 11.6 Å². The van der Waals surface area contributed by atoms with E-state index in [0.29, 0.717) is 17.5 Å². The lowest BCUT2D eigenvalue weighted by Gasteiger charge is -2.01. The standard InChI is InChI=1S/C25H28F2/c1-3-5-7-8-20-10-12-21(13-11-20)14-16-23-17-15-22(19-25(23)27)18-24(26)9-6-4-2/h10-13,15,17-19H,3-9H2,1-2H3/b24-18+. The molecule has 0 aliphatic carbocycles. The molecule has 0 amide bonds. The van der Waals surface area contributed by atoms with Gasteiger partial charge in [0.15, 0.2) is 0 Å². The Morgan fingerprint density at radius 3 is 2.33 bits per heavy atom. The summed E-state index contributed by atoms with van der Waals surface area (Å²) in [7, 11) is 0. The van der Waals surface area contributed by atoms with E-state index in [1.807, 2.05) is 19.1 Å². The van der Waals surface area contributed by atoms with Gasteiger partial charge >= 0.3 is 0 Å². The number of rotatable bonds is 8. The lowest BCUT2D eigenvalue weighted by atomic mass is 10.1. The summed E-state index contributed by atoms with van der Waals surface area (Å²) in [6.07, 6.45) is 8.27. The van der Waals surface area contributed by atoms with Gasteiger partial charge in [0.25, 0.3) is 0 Å². The number of hydrogen-bond acceptors (Lipinski definition) is 0. The van der Waals surface area contributed by atoms with Crippen LogP contribution in [0.4, 0.5) is 8.78 Å². The van der Waals surface area contributed by atoms with Gasteiger partial charge in [-0.25, -0.2) is 8.78 Å². The second kappa shape index (κ2) is 11.3. The van der Waals surface area contributed by atoms with E-state index in [1.54, 1.807) is 12.1 Å². The molecule has 0 fully saturated rings. The smallest absolute Gasteiger partial charge is 0.139 e. The molecular weight excluding hydrogens is 338 g/mol. The van der Waals surface area contributed by atoms with Crippen molar-refractivity contribution in [2.45, 2.75) is 58.8 Å². The summed E-state index contributed by atoms with van der Waals surface area (Å²) < 4.78 is 28.0. The minimum atomic E-state index is -0.421. The zero-order chi connectivity index (χ0) is 19.5. The fourth-order valence-electron chi connectivity index (χ4n) is 2.79. The Balaban J connectivity index is 2.04. The first-order chi connectivity index (χ1) is 13.1. The number of halogens is 2. The Morgan fingerprint density at radius 1 is 0.926 bits per heavy atom. The topological polar surface area (TPSA) is 0 Å². The molecule has 2 aromatic carbocycles. The predicted octanol–water partition coefficient (Wildman–Crippen LogP) is 7.46. The molecule has 2 rings (SSSR count). The zero-order valence-electron chi connectivity index (χ0n) is 16.3. The van der Waals surface area contributed by atoms with Crippen LogP contribution in [0.2, 0.25) is 0 Å². The number of unbranched alkanes of at least 4 members (excludes halogenated alkanes) is 3. The van der Waals surface area contributed by atoms with Crippen molar-refractivity contribution >= 4 is 6.08 Å². The van der Waals surface area contributed by atoms with Crippen LogP contribution in [-0.2, 0) is 6.42 Å². The third kappa shape index (κ3) is 7.39. The molecule has 0 radical (unpaired) electrons. The highest BCUT2D eigenvalue weighted by atomic mass is 19.1. The fraction of sp³-hybridized carbons (Fsp3) is 0.360. The van der Waals surface area contributed by atoms with Gasteiger partial charge in [-0.2, -0.15) is 0 Å². The zero-order valence-corrected chi connectivity index (χ0v) is 16.3. The van der Waals surface area contributed by atoms with Gasteiger partial charge in [0.2, 0.25) is 0 Å².